The molecule has 0 spiro atoms. The molecule has 3 N–H and O–H groups in total. The van der Waals surface area contributed by atoms with Crippen LogP contribution in [0.1, 0.15) is 27.7 Å². The number of rotatable bonds is 5. The van der Waals surface area contributed by atoms with Crippen LogP contribution in [0, 0.1) is 12.7 Å². The van der Waals surface area contributed by atoms with Gasteiger partial charge in [-0.2, -0.15) is 0 Å². The minimum absolute atomic E-state index is 0.00200. The number of thiophene rings is 1. The molecule has 0 aliphatic heterocycles. The van der Waals surface area contributed by atoms with Crippen molar-refractivity contribution in [3.05, 3.63) is 70.4 Å². The van der Waals surface area contributed by atoms with E-state index in [1.807, 2.05) is 13.8 Å². The quantitative estimate of drug-likeness (QED) is 0.646. The summed E-state index contributed by atoms with van der Waals surface area (Å²) in [7, 11) is -3.89. The molecule has 0 saturated heterocycles. The van der Waals surface area contributed by atoms with Gasteiger partial charge >= 0.3 is 0 Å². The number of hydrogen-bond donors (Lipinski definition) is 2. The summed E-state index contributed by atoms with van der Waals surface area (Å²) in [6, 6.07) is 12.5. The zero-order chi connectivity index (χ0) is 20.5. The average Bonchev–Trinajstić information content (AvgIpc) is 3.03. The molecule has 1 aromatic heterocycles. The van der Waals surface area contributed by atoms with Crippen molar-refractivity contribution in [3.63, 3.8) is 0 Å². The summed E-state index contributed by atoms with van der Waals surface area (Å²) in [5.74, 6) is -0.678. The first kappa shape index (κ1) is 20.2. The smallest absolute Gasteiger partial charge is 0.265 e. The van der Waals surface area contributed by atoms with Crippen molar-refractivity contribution in [1.82, 2.24) is 0 Å². The maximum atomic E-state index is 13.1. The monoisotopic (exact) mass is 418 g/mol. The molecule has 3 rings (SSSR count). The van der Waals surface area contributed by atoms with Crippen LogP contribution in [0.3, 0.4) is 0 Å². The van der Waals surface area contributed by atoms with Gasteiger partial charge in [-0.25, -0.2) is 17.9 Å². The minimum atomic E-state index is -3.89. The number of nitrogens with two attached hydrogens (primary N) is 1. The summed E-state index contributed by atoms with van der Waals surface area (Å²) < 4.78 is 36.7. The second-order valence-electron chi connectivity index (χ2n) is 6.30. The standard InChI is InChI=1S/C20H19FN2O3S2/c1-3-13-6-9-16(11-18(13)28(22,25)26)23-20(24)17-10-12(2)19(27-17)14-4-7-15(21)8-5-14/h4-11H,3H2,1-2H3,(H,23,24)(H2,22,25,26). The first-order valence-corrected chi connectivity index (χ1v) is 10.9. The molecule has 2 aromatic carbocycles. The van der Waals surface area contributed by atoms with Crippen molar-refractivity contribution in [2.24, 2.45) is 5.14 Å². The minimum Gasteiger partial charge on any atom is -0.321 e. The highest BCUT2D eigenvalue weighted by atomic mass is 32.2. The van der Waals surface area contributed by atoms with Gasteiger partial charge in [0.25, 0.3) is 5.91 Å². The summed E-state index contributed by atoms with van der Waals surface area (Å²) in [5, 5.41) is 7.99. The molecule has 0 radical (unpaired) electrons. The van der Waals surface area contributed by atoms with E-state index in [0.29, 0.717) is 22.5 Å². The van der Waals surface area contributed by atoms with E-state index in [2.05, 4.69) is 5.32 Å². The molecule has 0 unspecified atom stereocenters. The fourth-order valence-electron chi connectivity index (χ4n) is 2.86. The largest absolute Gasteiger partial charge is 0.321 e. The molecule has 0 aliphatic carbocycles. The number of halogens is 1. The molecule has 28 heavy (non-hydrogen) atoms. The maximum Gasteiger partial charge on any atom is 0.265 e. The molecule has 0 aliphatic rings. The fourth-order valence-corrected chi connectivity index (χ4v) is 4.81. The number of nitrogens with one attached hydrogen (secondary N) is 1. The summed E-state index contributed by atoms with van der Waals surface area (Å²) in [5.41, 5.74) is 2.66. The Bertz CT molecular complexity index is 1140. The number of anilines is 1. The van der Waals surface area contributed by atoms with Gasteiger partial charge in [0.2, 0.25) is 10.0 Å². The highest BCUT2D eigenvalue weighted by Crippen LogP contribution is 2.33. The molecule has 146 valence electrons. The number of aryl methyl sites for hydroxylation is 2. The molecule has 3 aromatic rings. The normalized spacial score (nSPS) is 11.4. The summed E-state index contributed by atoms with van der Waals surface area (Å²) in [6.07, 6.45) is 0.505. The van der Waals surface area contributed by atoms with Crippen LogP contribution < -0.4 is 10.5 Å². The zero-order valence-corrected chi connectivity index (χ0v) is 17.0. The number of sulfonamides is 1. The van der Waals surface area contributed by atoms with Gasteiger partial charge in [0.15, 0.2) is 0 Å². The Morgan fingerprint density at radius 2 is 1.82 bits per heavy atom. The lowest BCUT2D eigenvalue weighted by Crippen LogP contribution is -2.16. The van der Waals surface area contributed by atoms with Crippen LogP contribution >= 0.6 is 11.3 Å². The van der Waals surface area contributed by atoms with Gasteiger partial charge in [0, 0.05) is 10.6 Å². The van der Waals surface area contributed by atoms with Crippen molar-refractivity contribution >= 4 is 33.0 Å². The number of carbonyl (C=O) groups is 1. The van der Waals surface area contributed by atoms with E-state index in [0.717, 1.165) is 16.0 Å². The molecule has 0 fully saturated rings. The third-order valence-corrected chi connectivity index (χ3v) is 6.54. The van der Waals surface area contributed by atoms with Gasteiger partial charge in [-0.15, -0.1) is 11.3 Å². The molecule has 1 heterocycles. The number of amides is 1. The summed E-state index contributed by atoms with van der Waals surface area (Å²) in [4.78, 5) is 14.0. The number of benzene rings is 2. The second kappa shape index (κ2) is 7.83. The van der Waals surface area contributed by atoms with Gasteiger partial charge in [-0.1, -0.05) is 25.1 Å². The second-order valence-corrected chi connectivity index (χ2v) is 8.89. The summed E-state index contributed by atoms with van der Waals surface area (Å²) in [6.45, 7) is 3.70. The van der Waals surface area contributed by atoms with E-state index in [1.165, 1.54) is 29.5 Å². The van der Waals surface area contributed by atoms with Crippen LogP contribution in [0.2, 0.25) is 0 Å². The Kier molecular flexibility index (Phi) is 5.64. The highest BCUT2D eigenvalue weighted by Gasteiger charge is 2.17. The Morgan fingerprint density at radius 1 is 1.14 bits per heavy atom. The predicted molar refractivity (Wildman–Crippen MR) is 110 cm³/mol. The van der Waals surface area contributed by atoms with E-state index in [4.69, 9.17) is 5.14 Å². The first-order valence-electron chi connectivity index (χ1n) is 8.52. The Morgan fingerprint density at radius 3 is 2.43 bits per heavy atom. The van der Waals surface area contributed by atoms with Crippen molar-refractivity contribution < 1.29 is 17.6 Å². The van der Waals surface area contributed by atoms with Crippen LogP contribution in [0.4, 0.5) is 10.1 Å². The van der Waals surface area contributed by atoms with Crippen molar-refractivity contribution in [1.29, 1.82) is 0 Å². The van der Waals surface area contributed by atoms with E-state index in [1.54, 1.807) is 30.3 Å². The lowest BCUT2D eigenvalue weighted by Gasteiger charge is -2.09. The van der Waals surface area contributed by atoms with Gasteiger partial charge in [-0.3, -0.25) is 4.79 Å². The zero-order valence-electron chi connectivity index (χ0n) is 15.3. The van der Waals surface area contributed by atoms with Crippen LogP contribution in [-0.2, 0) is 16.4 Å². The molecule has 0 atom stereocenters. The number of carbonyl (C=O) groups excluding carboxylic acids is 1. The Balaban J connectivity index is 1.88. The molecule has 5 nitrogen and oxygen atoms in total. The Hall–Kier alpha value is -2.55. The Labute approximate surface area is 167 Å². The molecular weight excluding hydrogens is 399 g/mol. The molecule has 0 saturated carbocycles. The van der Waals surface area contributed by atoms with E-state index >= 15 is 0 Å². The lowest BCUT2D eigenvalue weighted by molar-refractivity contribution is 0.103. The van der Waals surface area contributed by atoms with Gasteiger partial charge in [-0.05, 0) is 60.4 Å². The number of primary sulfonamides is 1. The lowest BCUT2D eigenvalue weighted by atomic mass is 10.1. The summed E-state index contributed by atoms with van der Waals surface area (Å²) >= 11 is 1.29. The molecule has 8 heteroatoms. The third-order valence-electron chi connectivity index (χ3n) is 4.26. The van der Waals surface area contributed by atoms with E-state index < -0.39 is 10.0 Å². The van der Waals surface area contributed by atoms with Crippen LogP contribution in [-0.4, -0.2) is 14.3 Å². The van der Waals surface area contributed by atoms with E-state index in [-0.39, 0.29) is 16.6 Å². The SMILES string of the molecule is CCc1ccc(NC(=O)c2cc(C)c(-c3ccc(F)cc3)s2)cc1S(N)(=O)=O. The highest BCUT2D eigenvalue weighted by molar-refractivity contribution is 7.89. The maximum absolute atomic E-state index is 13.1. The van der Waals surface area contributed by atoms with Crippen LogP contribution in [0.5, 0.6) is 0 Å². The molecule has 0 bridgehead atoms. The first-order chi connectivity index (χ1) is 13.2. The van der Waals surface area contributed by atoms with Gasteiger partial charge in [0.1, 0.15) is 5.82 Å². The van der Waals surface area contributed by atoms with Crippen molar-refractivity contribution in [2.75, 3.05) is 5.32 Å². The van der Waals surface area contributed by atoms with Crippen molar-refractivity contribution in [3.8, 4) is 10.4 Å². The van der Waals surface area contributed by atoms with Crippen LogP contribution in [0.25, 0.3) is 10.4 Å². The predicted octanol–water partition coefficient (Wildman–Crippen LogP) is 4.32. The topological polar surface area (TPSA) is 89.3 Å². The van der Waals surface area contributed by atoms with Crippen LogP contribution in [0.15, 0.2) is 53.4 Å². The molecule has 1 amide bonds. The molecular formula is C20H19FN2O3S2. The third kappa shape index (κ3) is 4.30. The van der Waals surface area contributed by atoms with E-state index in [9.17, 15) is 17.6 Å². The number of hydrogen-bond acceptors (Lipinski definition) is 4. The van der Waals surface area contributed by atoms with Gasteiger partial charge in [0.05, 0.1) is 9.77 Å². The fraction of sp³-hybridized carbons (Fsp3) is 0.150. The average molecular weight is 419 g/mol. The van der Waals surface area contributed by atoms with Crippen molar-refractivity contribution in [2.45, 2.75) is 25.2 Å². The van der Waals surface area contributed by atoms with Gasteiger partial charge < -0.3 is 5.32 Å².